The van der Waals surface area contributed by atoms with Gasteiger partial charge in [-0.05, 0) is 58.1 Å². The average Bonchev–Trinajstić information content (AvgIpc) is 3.08. The highest BCUT2D eigenvalue weighted by molar-refractivity contribution is 5.96. The standard InChI is InChI=1S/C20H31N3O2/c1-14-13-18(24)22-15(2)19(14)20(25)21-11-10-17-9-5-6-12-23(17)16-7-3-4-8-16/h13,16-17H,3-12H2,1-2H3,(H,21,25)(H,22,24). The number of rotatable bonds is 5. The van der Waals surface area contributed by atoms with Crippen LogP contribution < -0.4 is 10.9 Å². The van der Waals surface area contributed by atoms with E-state index >= 15 is 0 Å². The van der Waals surface area contributed by atoms with E-state index in [1.165, 1.54) is 57.6 Å². The van der Waals surface area contributed by atoms with Crippen LogP contribution in [-0.4, -0.2) is 41.0 Å². The lowest BCUT2D eigenvalue weighted by atomic mass is 9.96. The Bertz CT molecular complexity index is 635. The number of nitrogens with one attached hydrogen (secondary N) is 2. The third-order valence-corrected chi connectivity index (χ3v) is 5.88. The molecule has 1 aromatic rings. The summed E-state index contributed by atoms with van der Waals surface area (Å²) >= 11 is 0. The molecular formula is C20H31N3O2. The van der Waals surface area contributed by atoms with Crippen molar-refractivity contribution in [2.24, 2.45) is 0 Å². The summed E-state index contributed by atoms with van der Waals surface area (Å²) < 4.78 is 0. The highest BCUT2D eigenvalue weighted by atomic mass is 16.1. The van der Waals surface area contributed by atoms with Crippen molar-refractivity contribution < 1.29 is 4.79 Å². The largest absolute Gasteiger partial charge is 0.352 e. The van der Waals surface area contributed by atoms with Crippen LogP contribution in [0.15, 0.2) is 10.9 Å². The quantitative estimate of drug-likeness (QED) is 0.862. The molecule has 0 spiro atoms. The molecule has 2 N–H and O–H groups in total. The molecule has 2 fully saturated rings. The fraction of sp³-hybridized carbons (Fsp3) is 0.700. The summed E-state index contributed by atoms with van der Waals surface area (Å²) in [5, 5.41) is 3.07. The van der Waals surface area contributed by atoms with Crippen molar-refractivity contribution in [3.8, 4) is 0 Å². The van der Waals surface area contributed by atoms with Crippen LogP contribution in [-0.2, 0) is 0 Å². The number of aromatic nitrogens is 1. The third kappa shape index (κ3) is 4.32. The molecule has 2 aliphatic rings. The van der Waals surface area contributed by atoms with E-state index in [2.05, 4.69) is 15.2 Å². The molecular weight excluding hydrogens is 314 g/mol. The summed E-state index contributed by atoms with van der Waals surface area (Å²) in [4.78, 5) is 29.4. The van der Waals surface area contributed by atoms with Crippen molar-refractivity contribution >= 4 is 5.91 Å². The Kier molecular flexibility index (Phi) is 5.94. The molecule has 2 heterocycles. The average molecular weight is 345 g/mol. The smallest absolute Gasteiger partial charge is 0.253 e. The first-order valence-corrected chi connectivity index (χ1v) is 9.80. The van der Waals surface area contributed by atoms with E-state index < -0.39 is 0 Å². The van der Waals surface area contributed by atoms with E-state index in [1.54, 1.807) is 6.92 Å². The lowest BCUT2D eigenvalue weighted by Gasteiger charge is -2.40. The summed E-state index contributed by atoms with van der Waals surface area (Å²) in [6.45, 7) is 5.53. The Morgan fingerprint density at radius 3 is 2.64 bits per heavy atom. The number of hydrogen-bond acceptors (Lipinski definition) is 3. The maximum atomic E-state index is 12.5. The van der Waals surface area contributed by atoms with Crippen molar-refractivity contribution in [1.82, 2.24) is 15.2 Å². The van der Waals surface area contributed by atoms with Gasteiger partial charge in [-0.3, -0.25) is 14.5 Å². The molecule has 1 atom stereocenters. The monoisotopic (exact) mass is 345 g/mol. The number of likely N-dealkylation sites (tertiary alicyclic amines) is 1. The minimum absolute atomic E-state index is 0.0746. The van der Waals surface area contributed by atoms with Crippen molar-refractivity contribution in [2.75, 3.05) is 13.1 Å². The molecule has 3 rings (SSSR count). The van der Waals surface area contributed by atoms with Gasteiger partial charge in [0.15, 0.2) is 0 Å². The highest BCUT2D eigenvalue weighted by Gasteiger charge is 2.30. The molecule has 0 bridgehead atoms. The molecule has 5 heteroatoms. The Hall–Kier alpha value is -1.62. The van der Waals surface area contributed by atoms with Gasteiger partial charge < -0.3 is 10.3 Å². The predicted molar refractivity (Wildman–Crippen MR) is 100 cm³/mol. The Morgan fingerprint density at radius 1 is 1.20 bits per heavy atom. The van der Waals surface area contributed by atoms with Gasteiger partial charge in [-0.15, -0.1) is 0 Å². The molecule has 0 radical (unpaired) electrons. The van der Waals surface area contributed by atoms with Gasteiger partial charge in [-0.1, -0.05) is 19.3 Å². The fourth-order valence-corrected chi connectivity index (χ4v) is 4.69. The normalized spacial score (nSPS) is 22.2. The van der Waals surface area contributed by atoms with Crippen LogP contribution in [0.3, 0.4) is 0 Å². The second kappa shape index (κ2) is 8.17. The minimum Gasteiger partial charge on any atom is -0.352 e. The topological polar surface area (TPSA) is 65.2 Å². The lowest BCUT2D eigenvalue weighted by molar-refractivity contribution is 0.0859. The molecule has 0 aromatic carbocycles. The van der Waals surface area contributed by atoms with E-state index in [0.717, 1.165) is 18.0 Å². The maximum Gasteiger partial charge on any atom is 0.253 e. The number of aromatic amines is 1. The number of hydrogen-bond donors (Lipinski definition) is 2. The summed E-state index contributed by atoms with van der Waals surface area (Å²) in [5.41, 5.74) is 1.84. The van der Waals surface area contributed by atoms with Gasteiger partial charge >= 0.3 is 0 Å². The summed E-state index contributed by atoms with van der Waals surface area (Å²) in [6, 6.07) is 2.87. The number of amides is 1. The van der Waals surface area contributed by atoms with Crippen LogP contribution in [0.2, 0.25) is 0 Å². The summed E-state index contributed by atoms with van der Waals surface area (Å²) in [7, 11) is 0. The first-order valence-electron chi connectivity index (χ1n) is 9.80. The van der Waals surface area contributed by atoms with E-state index in [0.29, 0.717) is 23.8 Å². The number of carbonyl (C=O) groups is 1. The molecule has 5 nitrogen and oxygen atoms in total. The molecule has 1 aromatic heterocycles. The molecule has 1 aliphatic heterocycles. The number of pyridine rings is 1. The van der Waals surface area contributed by atoms with Crippen LogP contribution >= 0.6 is 0 Å². The summed E-state index contributed by atoms with van der Waals surface area (Å²) in [6.07, 6.45) is 10.3. The van der Waals surface area contributed by atoms with Crippen LogP contribution in [0.5, 0.6) is 0 Å². The van der Waals surface area contributed by atoms with Crippen molar-refractivity contribution in [3.63, 3.8) is 0 Å². The first-order chi connectivity index (χ1) is 12.1. The van der Waals surface area contributed by atoms with Crippen LogP contribution in [0, 0.1) is 13.8 Å². The van der Waals surface area contributed by atoms with Gasteiger partial charge in [-0.25, -0.2) is 0 Å². The predicted octanol–water partition coefficient (Wildman–Crippen LogP) is 2.91. The molecule has 1 amide bonds. The Morgan fingerprint density at radius 2 is 1.92 bits per heavy atom. The van der Waals surface area contributed by atoms with Crippen LogP contribution in [0.1, 0.15) is 73.0 Å². The minimum atomic E-state index is -0.152. The van der Waals surface area contributed by atoms with Crippen molar-refractivity contribution in [3.05, 3.63) is 33.2 Å². The number of aryl methyl sites for hydroxylation is 2. The molecule has 1 unspecified atom stereocenters. The van der Waals surface area contributed by atoms with Gasteiger partial charge in [0.05, 0.1) is 5.56 Å². The second-order valence-corrected chi connectivity index (χ2v) is 7.69. The summed E-state index contributed by atoms with van der Waals surface area (Å²) in [5.74, 6) is -0.0746. The number of piperidine rings is 1. The van der Waals surface area contributed by atoms with Crippen LogP contribution in [0.4, 0.5) is 0 Å². The van der Waals surface area contributed by atoms with E-state index in [-0.39, 0.29) is 11.5 Å². The number of nitrogens with zero attached hydrogens (tertiary/aromatic N) is 1. The van der Waals surface area contributed by atoms with Gasteiger partial charge in [-0.2, -0.15) is 0 Å². The maximum absolute atomic E-state index is 12.5. The van der Waals surface area contributed by atoms with Crippen molar-refractivity contribution in [1.29, 1.82) is 0 Å². The molecule has 138 valence electrons. The number of H-pyrrole nitrogens is 1. The van der Waals surface area contributed by atoms with Crippen molar-refractivity contribution in [2.45, 2.75) is 77.3 Å². The number of carbonyl (C=O) groups excluding carboxylic acids is 1. The first kappa shape index (κ1) is 18.2. The molecule has 1 saturated carbocycles. The van der Waals surface area contributed by atoms with E-state index in [1.807, 2.05) is 6.92 Å². The third-order valence-electron chi connectivity index (χ3n) is 5.88. The zero-order valence-corrected chi connectivity index (χ0v) is 15.6. The molecule has 1 saturated heterocycles. The SMILES string of the molecule is Cc1cc(=O)[nH]c(C)c1C(=O)NCCC1CCCCN1C1CCCC1. The zero-order valence-electron chi connectivity index (χ0n) is 15.6. The molecule has 1 aliphatic carbocycles. The van der Waals surface area contributed by atoms with Gasteiger partial charge in [0.25, 0.3) is 5.91 Å². The molecule has 25 heavy (non-hydrogen) atoms. The second-order valence-electron chi connectivity index (χ2n) is 7.69. The fourth-order valence-electron chi connectivity index (χ4n) is 4.69. The highest BCUT2D eigenvalue weighted by Crippen LogP contribution is 2.30. The Balaban J connectivity index is 1.56. The van der Waals surface area contributed by atoms with Gasteiger partial charge in [0.1, 0.15) is 0 Å². The van der Waals surface area contributed by atoms with E-state index in [4.69, 9.17) is 0 Å². The lowest BCUT2D eigenvalue weighted by Crippen LogP contribution is -2.46. The van der Waals surface area contributed by atoms with E-state index in [9.17, 15) is 9.59 Å². The Labute approximate surface area is 150 Å². The van der Waals surface area contributed by atoms with Crippen LogP contribution in [0.25, 0.3) is 0 Å². The van der Waals surface area contributed by atoms with Gasteiger partial charge in [0, 0.05) is 30.4 Å². The zero-order chi connectivity index (χ0) is 17.8. The van der Waals surface area contributed by atoms with Gasteiger partial charge in [0.2, 0.25) is 5.56 Å².